The molecule has 108 valence electrons. The van der Waals surface area contributed by atoms with Crippen molar-refractivity contribution in [2.24, 2.45) is 0 Å². The first-order valence-electron chi connectivity index (χ1n) is 7.00. The van der Waals surface area contributed by atoms with Crippen molar-refractivity contribution in [1.82, 2.24) is 4.98 Å². The number of amides is 1. The highest BCUT2D eigenvalue weighted by Crippen LogP contribution is 2.22. The molecule has 1 saturated heterocycles. The topological polar surface area (TPSA) is 45.2 Å². The van der Waals surface area contributed by atoms with Gasteiger partial charge in [-0.1, -0.05) is 0 Å². The quantitative estimate of drug-likeness (QED) is 0.922. The molecule has 0 unspecified atom stereocenters. The fourth-order valence-electron chi connectivity index (χ4n) is 2.44. The third kappa shape index (κ3) is 3.42. The van der Waals surface area contributed by atoms with Gasteiger partial charge in [-0.2, -0.15) is 0 Å². The van der Waals surface area contributed by atoms with Crippen LogP contribution in [0.1, 0.15) is 23.3 Å². The average molecular weight is 346 g/mol. The summed E-state index contributed by atoms with van der Waals surface area (Å²) >= 11 is 3.30. The number of rotatable bonds is 3. The molecular weight excluding hydrogens is 330 g/mol. The molecular formula is C16H16BrN3O. The Labute approximate surface area is 132 Å². The van der Waals surface area contributed by atoms with Crippen LogP contribution in [0.5, 0.6) is 0 Å². The molecule has 0 atom stereocenters. The maximum absolute atomic E-state index is 12.1. The van der Waals surface area contributed by atoms with Gasteiger partial charge in [0.15, 0.2) is 0 Å². The van der Waals surface area contributed by atoms with Crippen LogP contribution in [0.3, 0.4) is 0 Å². The van der Waals surface area contributed by atoms with Gasteiger partial charge in [0, 0.05) is 35.1 Å². The first kappa shape index (κ1) is 14.1. The Balaban J connectivity index is 1.67. The van der Waals surface area contributed by atoms with Gasteiger partial charge in [-0.3, -0.25) is 4.79 Å². The van der Waals surface area contributed by atoms with E-state index in [9.17, 15) is 4.79 Å². The molecule has 1 aliphatic rings. The molecule has 1 aliphatic heterocycles. The number of hydrogen-bond acceptors (Lipinski definition) is 3. The number of aromatic nitrogens is 1. The van der Waals surface area contributed by atoms with E-state index in [1.54, 1.807) is 18.3 Å². The second kappa shape index (κ2) is 6.26. The molecule has 2 heterocycles. The van der Waals surface area contributed by atoms with Crippen molar-refractivity contribution in [2.45, 2.75) is 12.8 Å². The van der Waals surface area contributed by atoms with Crippen LogP contribution in [0.2, 0.25) is 0 Å². The molecule has 21 heavy (non-hydrogen) atoms. The van der Waals surface area contributed by atoms with Crippen LogP contribution in [0, 0.1) is 0 Å². The highest BCUT2D eigenvalue weighted by molar-refractivity contribution is 9.10. The molecule has 0 aliphatic carbocycles. The van der Waals surface area contributed by atoms with Crippen LogP contribution in [-0.2, 0) is 0 Å². The van der Waals surface area contributed by atoms with Crippen LogP contribution in [0.15, 0.2) is 47.1 Å². The van der Waals surface area contributed by atoms with Gasteiger partial charge in [-0.25, -0.2) is 4.98 Å². The van der Waals surface area contributed by atoms with Crippen LogP contribution in [0.4, 0.5) is 11.4 Å². The molecule has 0 spiro atoms. The highest BCUT2D eigenvalue weighted by atomic mass is 79.9. The highest BCUT2D eigenvalue weighted by Gasteiger charge is 2.12. The largest absolute Gasteiger partial charge is 0.372 e. The molecule has 1 fully saturated rings. The molecule has 0 saturated carbocycles. The molecule has 1 aromatic carbocycles. The predicted octanol–water partition coefficient (Wildman–Crippen LogP) is 3.70. The van der Waals surface area contributed by atoms with E-state index >= 15 is 0 Å². The number of halogens is 1. The number of carbonyl (C=O) groups is 1. The zero-order chi connectivity index (χ0) is 14.7. The van der Waals surface area contributed by atoms with Gasteiger partial charge in [-0.15, -0.1) is 0 Å². The Kier molecular flexibility index (Phi) is 4.20. The molecule has 0 radical (unpaired) electrons. The summed E-state index contributed by atoms with van der Waals surface area (Å²) in [6.45, 7) is 2.24. The lowest BCUT2D eigenvalue weighted by atomic mass is 10.2. The van der Waals surface area contributed by atoms with E-state index in [0.29, 0.717) is 5.69 Å². The summed E-state index contributed by atoms with van der Waals surface area (Å²) in [7, 11) is 0. The summed E-state index contributed by atoms with van der Waals surface area (Å²) in [5, 5.41) is 2.86. The number of benzene rings is 1. The molecule has 3 rings (SSSR count). The van der Waals surface area contributed by atoms with Gasteiger partial charge in [0.25, 0.3) is 5.91 Å². The van der Waals surface area contributed by atoms with Crippen molar-refractivity contribution in [3.05, 3.63) is 52.8 Å². The van der Waals surface area contributed by atoms with E-state index in [4.69, 9.17) is 0 Å². The van der Waals surface area contributed by atoms with Crippen molar-refractivity contribution in [2.75, 3.05) is 23.3 Å². The molecule has 2 aromatic rings. The second-order valence-electron chi connectivity index (χ2n) is 5.06. The molecule has 1 amide bonds. The van der Waals surface area contributed by atoms with Gasteiger partial charge >= 0.3 is 0 Å². The lowest BCUT2D eigenvalue weighted by Crippen LogP contribution is -2.17. The number of nitrogens with zero attached hydrogens (tertiary/aromatic N) is 2. The van der Waals surface area contributed by atoms with E-state index in [1.807, 2.05) is 12.1 Å². The third-order valence-corrected chi connectivity index (χ3v) is 4.03. The monoisotopic (exact) mass is 345 g/mol. The van der Waals surface area contributed by atoms with Gasteiger partial charge in [0.1, 0.15) is 5.69 Å². The van der Waals surface area contributed by atoms with E-state index in [2.05, 4.69) is 43.3 Å². The van der Waals surface area contributed by atoms with Crippen molar-refractivity contribution >= 4 is 33.2 Å². The Hall–Kier alpha value is -1.88. The Morgan fingerprint density at radius 1 is 1.10 bits per heavy atom. The summed E-state index contributed by atoms with van der Waals surface area (Å²) in [5.41, 5.74) is 2.40. The number of anilines is 2. The first-order chi connectivity index (χ1) is 10.2. The zero-order valence-corrected chi connectivity index (χ0v) is 13.1. The van der Waals surface area contributed by atoms with Crippen LogP contribution < -0.4 is 10.2 Å². The average Bonchev–Trinajstić information content (AvgIpc) is 3.03. The summed E-state index contributed by atoms with van der Waals surface area (Å²) in [5.74, 6) is -0.198. The number of pyridine rings is 1. The van der Waals surface area contributed by atoms with Crippen LogP contribution in [-0.4, -0.2) is 24.0 Å². The van der Waals surface area contributed by atoms with Gasteiger partial charge in [0.05, 0.1) is 0 Å². The molecule has 0 bridgehead atoms. The lowest BCUT2D eigenvalue weighted by Gasteiger charge is -2.17. The summed E-state index contributed by atoms with van der Waals surface area (Å²) in [6, 6.07) is 11.5. The standard InChI is InChI=1S/C16H16BrN3O/c17-12-3-8-15(18-11-12)16(21)19-13-4-6-14(7-5-13)20-9-1-2-10-20/h3-8,11H,1-2,9-10H2,(H,19,21). The predicted molar refractivity (Wildman–Crippen MR) is 87.8 cm³/mol. The van der Waals surface area contributed by atoms with Crippen molar-refractivity contribution in [3.8, 4) is 0 Å². The third-order valence-electron chi connectivity index (χ3n) is 3.56. The fraction of sp³-hybridized carbons (Fsp3) is 0.250. The fourth-order valence-corrected chi connectivity index (χ4v) is 2.67. The lowest BCUT2D eigenvalue weighted by molar-refractivity contribution is 0.102. The SMILES string of the molecule is O=C(Nc1ccc(N2CCCC2)cc1)c1ccc(Br)cn1. The molecule has 4 nitrogen and oxygen atoms in total. The maximum Gasteiger partial charge on any atom is 0.274 e. The van der Waals surface area contributed by atoms with Gasteiger partial charge in [0.2, 0.25) is 0 Å². The summed E-state index contributed by atoms with van der Waals surface area (Å²) in [6.07, 6.45) is 4.13. The number of carbonyl (C=O) groups excluding carboxylic acids is 1. The second-order valence-corrected chi connectivity index (χ2v) is 5.97. The summed E-state index contributed by atoms with van der Waals surface area (Å²) in [4.78, 5) is 18.5. The van der Waals surface area contributed by atoms with Crippen molar-refractivity contribution < 1.29 is 4.79 Å². The van der Waals surface area contributed by atoms with E-state index in [0.717, 1.165) is 23.2 Å². The van der Waals surface area contributed by atoms with Crippen LogP contribution >= 0.6 is 15.9 Å². The van der Waals surface area contributed by atoms with Crippen molar-refractivity contribution in [3.63, 3.8) is 0 Å². The minimum Gasteiger partial charge on any atom is -0.372 e. The van der Waals surface area contributed by atoms with E-state index < -0.39 is 0 Å². The Morgan fingerprint density at radius 2 is 1.81 bits per heavy atom. The summed E-state index contributed by atoms with van der Waals surface area (Å²) < 4.78 is 0.856. The Bertz CT molecular complexity index is 619. The van der Waals surface area contributed by atoms with Gasteiger partial charge in [-0.05, 0) is 65.2 Å². The normalized spacial score (nSPS) is 14.2. The van der Waals surface area contributed by atoms with E-state index in [1.165, 1.54) is 18.5 Å². The first-order valence-corrected chi connectivity index (χ1v) is 7.79. The molecule has 1 N–H and O–H groups in total. The zero-order valence-electron chi connectivity index (χ0n) is 11.6. The minimum absolute atomic E-state index is 0.198. The van der Waals surface area contributed by atoms with Crippen LogP contribution in [0.25, 0.3) is 0 Å². The molecule has 1 aromatic heterocycles. The minimum atomic E-state index is -0.198. The molecule has 5 heteroatoms. The Morgan fingerprint density at radius 3 is 2.43 bits per heavy atom. The van der Waals surface area contributed by atoms with Gasteiger partial charge < -0.3 is 10.2 Å². The smallest absolute Gasteiger partial charge is 0.274 e. The number of hydrogen-bond donors (Lipinski definition) is 1. The number of nitrogens with one attached hydrogen (secondary N) is 1. The maximum atomic E-state index is 12.1. The van der Waals surface area contributed by atoms with Crippen molar-refractivity contribution in [1.29, 1.82) is 0 Å². The van der Waals surface area contributed by atoms with E-state index in [-0.39, 0.29) is 5.91 Å².